The Bertz CT molecular complexity index is 808. The van der Waals surface area contributed by atoms with Gasteiger partial charge in [0.2, 0.25) is 10.0 Å². The summed E-state index contributed by atoms with van der Waals surface area (Å²) in [5.74, 6) is -1.79. The van der Waals surface area contributed by atoms with Crippen molar-refractivity contribution in [3.05, 3.63) is 29.3 Å². The van der Waals surface area contributed by atoms with Crippen molar-refractivity contribution in [2.75, 3.05) is 17.1 Å². The fourth-order valence-electron chi connectivity index (χ4n) is 3.74. The molecule has 0 radical (unpaired) electrons. The fraction of sp³-hybridized carbons (Fsp3) is 0.588. The molecule has 2 unspecified atom stereocenters. The molecule has 1 aliphatic carbocycles. The van der Waals surface area contributed by atoms with Crippen molar-refractivity contribution in [1.29, 1.82) is 0 Å². The van der Waals surface area contributed by atoms with Crippen LogP contribution in [0, 0.1) is 5.92 Å². The predicted molar refractivity (Wildman–Crippen MR) is 91.6 cm³/mol. The number of fused-ring (bicyclic) bond motifs is 1. The Labute approximate surface area is 150 Å². The molecule has 1 heterocycles. The number of hydrogen-bond donors (Lipinski definition) is 1. The Morgan fingerprint density at radius 3 is 2.65 bits per heavy atom. The van der Waals surface area contributed by atoms with Crippen molar-refractivity contribution in [2.45, 2.75) is 44.3 Å². The second-order valence-corrected chi connectivity index (χ2v) is 8.91. The second-order valence-electron chi connectivity index (χ2n) is 7.00. The van der Waals surface area contributed by atoms with E-state index in [1.807, 2.05) is 0 Å². The number of sulfonamides is 1. The van der Waals surface area contributed by atoms with Gasteiger partial charge in [0, 0.05) is 18.2 Å². The maximum Gasteiger partial charge on any atom is 0.391 e. The normalized spacial score (nSPS) is 23.6. The molecule has 1 aromatic carbocycles. The standard InChI is InChI=1S/C17H21F3N2O3S/c1-26(24,25)22-8-7-11-9-12(5-6-15(11)22)16(23)21-14-4-2-3-13(10-14)17(18,19)20/h5-6,9,13-14H,2-4,7-8,10H2,1H3,(H,21,23). The summed E-state index contributed by atoms with van der Waals surface area (Å²) in [7, 11) is -3.37. The second kappa shape index (κ2) is 6.75. The quantitative estimate of drug-likeness (QED) is 0.863. The number of alkyl halides is 3. The van der Waals surface area contributed by atoms with E-state index in [0.29, 0.717) is 37.1 Å². The molecule has 9 heteroatoms. The summed E-state index contributed by atoms with van der Waals surface area (Å²) in [6, 6.07) is 4.22. The number of carbonyl (C=O) groups is 1. The Morgan fingerprint density at radius 1 is 1.27 bits per heavy atom. The van der Waals surface area contributed by atoms with Crippen LogP contribution in [0.3, 0.4) is 0 Å². The third kappa shape index (κ3) is 3.97. The number of benzene rings is 1. The van der Waals surface area contributed by atoms with Crippen LogP contribution in [-0.4, -0.2) is 39.3 Å². The van der Waals surface area contributed by atoms with Crippen LogP contribution >= 0.6 is 0 Å². The number of halogens is 3. The molecular formula is C17H21F3N2O3S. The van der Waals surface area contributed by atoms with Gasteiger partial charge in [-0.2, -0.15) is 13.2 Å². The van der Waals surface area contributed by atoms with E-state index in [4.69, 9.17) is 0 Å². The van der Waals surface area contributed by atoms with Crippen LogP contribution in [0.1, 0.15) is 41.6 Å². The molecule has 0 aromatic heterocycles. The van der Waals surface area contributed by atoms with Crippen molar-refractivity contribution in [2.24, 2.45) is 5.92 Å². The highest BCUT2D eigenvalue weighted by Gasteiger charge is 2.42. The van der Waals surface area contributed by atoms with Crippen molar-refractivity contribution < 1.29 is 26.4 Å². The molecule has 0 saturated heterocycles. The maximum absolute atomic E-state index is 12.9. The molecule has 1 saturated carbocycles. The highest BCUT2D eigenvalue weighted by atomic mass is 32.2. The first kappa shape index (κ1) is 19.0. The third-order valence-electron chi connectivity index (χ3n) is 5.07. The highest BCUT2D eigenvalue weighted by Crippen LogP contribution is 2.37. The molecule has 26 heavy (non-hydrogen) atoms. The lowest BCUT2D eigenvalue weighted by atomic mass is 9.85. The fourth-order valence-corrected chi connectivity index (χ4v) is 4.70. The van der Waals surface area contributed by atoms with Gasteiger partial charge in [0.25, 0.3) is 5.91 Å². The summed E-state index contributed by atoms with van der Waals surface area (Å²) in [4.78, 5) is 12.4. The average molecular weight is 390 g/mol. The largest absolute Gasteiger partial charge is 0.391 e. The van der Waals surface area contributed by atoms with Crippen molar-refractivity contribution in [3.63, 3.8) is 0 Å². The monoisotopic (exact) mass is 390 g/mol. The van der Waals surface area contributed by atoms with Crippen LogP contribution in [0.25, 0.3) is 0 Å². The summed E-state index contributed by atoms with van der Waals surface area (Å²) in [5, 5.41) is 2.70. The van der Waals surface area contributed by atoms with E-state index in [-0.39, 0.29) is 12.8 Å². The zero-order valence-corrected chi connectivity index (χ0v) is 15.2. The van der Waals surface area contributed by atoms with E-state index in [9.17, 15) is 26.4 Å². The maximum atomic E-state index is 12.9. The first-order valence-corrected chi connectivity index (χ1v) is 10.4. The van der Waals surface area contributed by atoms with Gasteiger partial charge in [0.05, 0.1) is 17.9 Å². The average Bonchev–Trinajstić information content (AvgIpc) is 2.97. The zero-order valence-electron chi connectivity index (χ0n) is 14.3. The predicted octanol–water partition coefficient (Wildman–Crippen LogP) is 2.86. The molecule has 0 bridgehead atoms. The van der Waals surface area contributed by atoms with Crippen LogP contribution in [-0.2, 0) is 16.4 Å². The molecule has 2 atom stereocenters. The van der Waals surface area contributed by atoms with Gasteiger partial charge in [-0.1, -0.05) is 6.42 Å². The molecule has 5 nitrogen and oxygen atoms in total. The Balaban J connectivity index is 1.70. The summed E-state index contributed by atoms with van der Waals surface area (Å²) in [6.45, 7) is 0.328. The summed E-state index contributed by atoms with van der Waals surface area (Å²) in [5.41, 5.74) is 1.65. The van der Waals surface area contributed by atoms with Gasteiger partial charge in [0.1, 0.15) is 0 Å². The van der Waals surface area contributed by atoms with Crippen LogP contribution in [0.5, 0.6) is 0 Å². The minimum absolute atomic E-state index is 0.0952. The topological polar surface area (TPSA) is 66.5 Å². The molecule has 1 aliphatic heterocycles. The highest BCUT2D eigenvalue weighted by molar-refractivity contribution is 7.92. The lowest BCUT2D eigenvalue weighted by Gasteiger charge is -2.31. The smallest absolute Gasteiger partial charge is 0.349 e. The molecule has 0 spiro atoms. The summed E-state index contributed by atoms with van der Waals surface area (Å²) >= 11 is 0. The van der Waals surface area contributed by atoms with E-state index in [1.165, 1.54) is 10.4 Å². The molecule has 2 aliphatic rings. The van der Waals surface area contributed by atoms with Gasteiger partial charge in [-0.05, 0) is 49.4 Å². The van der Waals surface area contributed by atoms with Gasteiger partial charge in [-0.15, -0.1) is 0 Å². The molecule has 1 fully saturated rings. The Kier molecular flexibility index (Phi) is 4.94. The Morgan fingerprint density at radius 2 is 2.00 bits per heavy atom. The third-order valence-corrected chi connectivity index (χ3v) is 6.25. The van der Waals surface area contributed by atoms with Crippen molar-refractivity contribution in [3.8, 4) is 0 Å². The van der Waals surface area contributed by atoms with E-state index in [1.54, 1.807) is 12.1 Å². The van der Waals surface area contributed by atoms with E-state index >= 15 is 0 Å². The number of anilines is 1. The number of nitrogens with zero attached hydrogens (tertiary/aromatic N) is 1. The van der Waals surface area contributed by atoms with Crippen LogP contribution in [0.2, 0.25) is 0 Å². The molecular weight excluding hydrogens is 369 g/mol. The van der Waals surface area contributed by atoms with E-state index in [0.717, 1.165) is 11.8 Å². The number of carbonyl (C=O) groups excluding carboxylic acids is 1. The first-order chi connectivity index (χ1) is 12.1. The zero-order chi connectivity index (χ0) is 19.1. The summed E-state index contributed by atoms with van der Waals surface area (Å²) in [6.07, 6.45) is -1.62. The van der Waals surface area contributed by atoms with Crippen molar-refractivity contribution in [1.82, 2.24) is 5.32 Å². The van der Waals surface area contributed by atoms with Gasteiger partial charge >= 0.3 is 6.18 Å². The number of nitrogens with one attached hydrogen (secondary N) is 1. The van der Waals surface area contributed by atoms with Crippen LogP contribution in [0.4, 0.5) is 18.9 Å². The Hall–Kier alpha value is -1.77. The SMILES string of the molecule is CS(=O)(=O)N1CCc2cc(C(=O)NC3CCCC(C(F)(F)F)C3)ccc21. The molecule has 144 valence electrons. The van der Waals surface area contributed by atoms with Crippen molar-refractivity contribution >= 4 is 21.6 Å². The molecule has 1 amide bonds. The van der Waals surface area contributed by atoms with Crippen LogP contribution in [0.15, 0.2) is 18.2 Å². The van der Waals surface area contributed by atoms with Crippen LogP contribution < -0.4 is 9.62 Å². The molecule has 1 aromatic rings. The lowest BCUT2D eigenvalue weighted by molar-refractivity contribution is -0.183. The minimum Gasteiger partial charge on any atom is -0.349 e. The molecule has 1 N–H and O–H groups in total. The van der Waals surface area contributed by atoms with Gasteiger partial charge < -0.3 is 5.32 Å². The van der Waals surface area contributed by atoms with E-state index < -0.39 is 34.1 Å². The lowest BCUT2D eigenvalue weighted by Crippen LogP contribution is -2.41. The minimum atomic E-state index is -4.23. The van der Waals surface area contributed by atoms with E-state index in [2.05, 4.69) is 5.32 Å². The number of amides is 1. The first-order valence-electron chi connectivity index (χ1n) is 8.54. The van der Waals surface area contributed by atoms with Gasteiger partial charge in [-0.3, -0.25) is 9.10 Å². The van der Waals surface area contributed by atoms with Gasteiger partial charge in [0.15, 0.2) is 0 Å². The molecule has 3 rings (SSSR count). The number of rotatable bonds is 3. The summed E-state index contributed by atoms with van der Waals surface area (Å²) < 4.78 is 63.5. The number of hydrogen-bond acceptors (Lipinski definition) is 3. The van der Waals surface area contributed by atoms with Gasteiger partial charge in [-0.25, -0.2) is 8.42 Å².